The molecule has 0 spiro atoms. The summed E-state index contributed by atoms with van der Waals surface area (Å²) in [6.07, 6.45) is 3.30. The molecule has 5 nitrogen and oxygen atoms in total. The lowest BCUT2D eigenvalue weighted by Crippen LogP contribution is -2.52. The Kier molecular flexibility index (Phi) is 3.90. The minimum absolute atomic E-state index is 0.364. The van der Waals surface area contributed by atoms with Crippen molar-refractivity contribution in [2.75, 3.05) is 36.5 Å². The second-order valence-electron chi connectivity index (χ2n) is 5.24. The first kappa shape index (κ1) is 13.7. The van der Waals surface area contributed by atoms with Crippen LogP contribution >= 0.6 is 0 Å². The third-order valence-corrected chi connectivity index (χ3v) is 3.90. The van der Waals surface area contributed by atoms with Crippen LogP contribution in [-0.4, -0.2) is 42.8 Å². The van der Waals surface area contributed by atoms with Crippen molar-refractivity contribution in [3.05, 3.63) is 42.9 Å². The zero-order valence-electron chi connectivity index (χ0n) is 12.4. The highest BCUT2D eigenvalue weighted by Crippen LogP contribution is 2.28. The predicted octanol–water partition coefficient (Wildman–Crippen LogP) is 2.20. The molecule has 0 radical (unpaired) electrons. The molecule has 0 aliphatic carbocycles. The van der Waals surface area contributed by atoms with E-state index in [1.807, 2.05) is 0 Å². The summed E-state index contributed by atoms with van der Waals surface area (Å²) in [4.78, 5) is 13.1. The topological polar surface area (TPSA) is 41.5 Å². The van der Waals surface area contributed by atoms with Gasteiger partial charge in [0.1, 0.15) is 6.33 Å². The number of ether oxygens (including phenoxy) is 1. The van der Waals surface area contributed by atoms with E-state index < -0.39 is 0 Å². The van der Waals surface area contributed by atoms with Crippen LogP contribution in [0.1, 0.15) is 6.92 Å². The Morgan fingerprint density at radius 2 is 2.00 bits per heavy atom. The van der Waals surface area contributed by atoms with Gasteiger partial charge in [-0.15, -0.1) is 0 Å². The zero-order valence-corrected chi connectivity index (χ0v) is 12.4. The van der Waals surface area contributed by atoms with Crippen LogP contribution in [0.5, 0.6) is 5.75 Å². The summed E-state index contributed by atoms with van der Waals surface area (Å²) in [7, 11) is 1.66. The van der Waals surface area contributed by atoms with Crippen molar-refractivity contribution in [3.8, 4) is 5.75 Å². The number of anilines is 2. The van der Waals surface area contributed by atoms with E-state index in [1.54, 1.807) is 19.6 Å². The molecule has 1 atom stereocenters. The van der Waals surface area contributed by atoms with Crippen molar-refractivity contribution in [2.24, 2.45) is 0 Å². The molecule has 2 heterocycles. The van der Waals surface area contributed by atoms with E-state index in [1.165, 1.54) is 5.69 Å². The van der Waals surface area contributed by atoms with E-state index in [9.17, 15) is 0 Å². The summed E-state index contributed by atoms with van der Waals surface area (Å²) < 4.78 is 5.38. The normalized spacial score (nSPS) is 18.7. The Balaban J connectivity index is 1.77. The van der Waals surface area contributed by atoms with E-state index in [4.69, 9.17) is 4.74 Å². The molecular weight excluding hydrogens is 264 g/mol. The number of nitrogens with zero attached hydrogens (tertiary/aromatic N) is 4. The minimum Gasteiger partial charge on any atom is -0.491 e. The largest absolute Gasteiger partial charge is 0.491 e. The van der Waals surface area contributed by atoms with E-state index in [0.717, 1.165) is 31.2 Å². The zero-order chi connectivity index (χ0) is 14.7. The third kappa shape index (κ3) is 2.77. The number of benzene rings is 1. The highest BCUT2D eigenvalue weighted by molar-refractivity contribution is 5.54. The molecule has 1 aliphatic rings. The fraction of sp³-hybridized carbons (Fsp3) is 0.375. The molecule has 1 aliphatic heterocycles. The molecule has 0 N–H and O–H groups in total. The summed E-state index contributed by atoms with van der Waals surface area (Å²) in [5, 5.41) is 0. The number of rotatable bonds is 3. The van der Waals surface area contributed by atoms with Gasteiger partial charge in [-0.2, -0.15) is 0 Å². The average Bonchev–Trinajstić information content (AvgIpc) is 2.55. The van der Waals surface area contributed by atoms with Crippen LogP contribution in [0.25, 0.3) is 0 Å². The van der Waals surface area contributed by atoms with Crippen LogP contribution in [-0.2, 0) is 0 Å². The molecule has 0 bridgehead atoms. The van der Waals surface area contributed by atoms with Gasteiger partial charge in [-0.05, 0) is 19.1 Å². The first-order valence-corrected chi connectivity index (χ1v) is 7.20. The van der Waals surface area contributed by atoms with Crippen LogP contribution in [0.15, 0.2) is 42.9 Å². The van der Waals surface area contributed by atoms with Crippen LogP contribution in [0.3, 0.4) is 0 Å². The lowest BCUT2D eigenvalue weighted by molar-refractivity contribution is 0.406. The second kappa shape index (κ2) is 5.99. The molecule has 3 rings (SSSR count). The first-order valence-electron chi connectivity index (χ1n) is 7.20. The van der Waals surface area contributed by atoms with Crippen LogP contribution in [0, 0.1) is 0 Å². The number of methoxy groups -OCH3 is 1. The molecule has 1 aromatic heterocycles. The summed E-state index contributed by atoms with van der Waals surface area (Å²) >= 11 is 0. The fourth-order valence-corrected chi connectivity index (χ4v) is 2.82. The van der Waals surface area contributed by atoms with Crippen LogP contribution < -0.4 is 14.5 Å². The fourth-order valence-electron chi connectivity index (χ4n) is 2.82. The third-order valence-electron chi connectivity index (χ3n) is 3.90. The Labute approximate surface area is 125 Å². The Bertz CT molecular complexity index is 590. The molecule has 1 saturated heterocycles. The van der Waals surface area contributed by atoms with Gasteiger partial charge in [-0.1, -0.05) is 18.2 Å². The lowest BCUT2D eigenvalue weighted by atomic mass is 10.1. The molecule has 5 heteroatoms. The van der Waals surface area contributed by atoms with Crippen molar-refractivity contribution in [3.63, 3.8) is 0 Å². The number of piperazine rings is 1. The van der Waals surface area contributed by atoms with Gasteiger partial charge >= 0.3 is 0 Å². The lowest BCUT2D eigenvalue weighted by Gasteiger charge is -2.41. The molecular formula is C16H20N4O. The Hall–Kier alpha value is -2.30. The van der Waals surface area contributed by atoms with Crippen molar-refractivity contribution in [1.29, 1.82) is 0 Å². The van der Waals surface area contributed by atoms with Crippen molar-refractivity contribution < 1.29 is 4.74 Å². The maximum Gasteiger partial charge on any atom is 0.179 e. The van der Waals surface area contributed by atoms with Crippen molar-refractivity contribution >= 4 is 11.5 Å². The Morgan fingerprint density at radius 3 is 2.71 bits per heavy atom. The van der Waals surface area contributed by atoms with Crippen molar-refractivity contribution in [2.45, 2.75) is 13.0 Å². The molecule has 2 aromatic rings. The number of para-hydroxylation sites is 1. The first-order chi connectivity index (χ1) is 10.3. The molecule has 1 fully saturated rings. The van der Waals surface area contributed by atoms with Gasteiger partial charge in [0.2, 0.25) is 0 Å². The summed E-state index contributed by atoms with van der Waals surface area (Å²) in [6, 6.07) is 10.9. The van der Waals surface area contributed by atoms with E-state index in [0.29, 0.717) is 6.04 Å². The van der Waals surface area contributed by atoms with Gasteiger partial charge < -0.3 is 14.5 Å². The summed E-state index contributed by atoms with van der Waals surface area (Å²) in [5.74, 6) is 1.62. The molecule has 1 aromatic carbocycles. The molecule has 110 valence electrons. The van der Waals surface area contributed by atoms with E-state index in [2.05, 4.69) is 57.0 Å². The molecule has 0 saturated carbocycles. The number of hydrogen-bond donors (Lipinski definition) is 0. The van der Waals surface area contributed by atoms with Gasteiger partial charge in [0.05, 0.1) is 13.3 Å². The van der Waals surface area contributed by atoms with Gasteiger partial charge in [0, 0.05) is 31.4 Å². The van der Waals surface area contributed by atoms with E-state index >= 15 is 0 Å². The maximum atomic E-state index is 5.38. The molecule has 1 unspecified atom stereocenters. The van der Waals surface area contributed by atoms with Gasteiger partial charge in [0.15, 0.2) is 11.6 Å². The Morgan fingerprint density at radius 1 is 1.19 bits per heavy atom. The van der Waals surface area contributed by atoms with Crippen molar-refractivity contribution in [1.82, 2.24) is 9.97 Å². The second-order valence-corrected chi connectivity index (χ2v) is 5.24. The maximum absolute atomic E-state index is 5.38. The highest BCUT2D eigenvalue weighted by atomic mass is 16.5. The van der Waals surface area contributed by atoms with Crippen LogP contribution in [0.2, 0.25) is 0 Å². The van der Waals surface area contributed by atoms with Gasteiger partial charge in [0.25, 0.3) is 0 Å². The van der Waals surface area contributed by atoms with E-state index in [-0.39, 0.29) is 0 Å². The predicted molar refractivity (Wildman–Crippen MR) is 84.0 cm³/mol. The number of hydrogen-bond acceptors (Lipinski definition) is 5. The highest BCUT2D eigenvalue weighted by Gasteiger charge is 2.26. The summed E-state index contributed by atoms with van der Waals surface area (Å²) in [6.45, 7) is 5.08. The smallest absolute Gasteiger partial charge is 0.179 e. The quantitative estimate of drug-likeness (QED) is 0.864. The SMILES string of the molecule is COc1cncnc1N1CCN(c2ccccc2)CC1C. The minimum atomic E-state index is 0.364. The summed E-state index contributed by atoms with van der Waals surface area (Å²) in [5.41, 5.74) is 1.28. The average molecular weight is 284 g/mol. The standard InChI is InChI=1S/C16H20N4O/c1-13-11-19(14-6-4-3-5-7-14)8-9-20(13)16-15(21-2)10-17-12-18-16/h3-7,10,12-13H,8-9,11H2,1-2H3. The number of aromatic nitrogens is 2. The van der Waals surface area contributed by atoms with Gasteiger partial charge in [-0.3, -0.25) is 0 Å². The van der Waals surface area contributed by atoms with Gasteiger partial charge in [-0.25, -0.2) is 9.97 Å². The molecule has 0 amide bonds. The monoisotopic (exact) mass is 284 g/mol. The molecule has 21 heavy (non-hydrogen) atoms. The van der Waals surface area contributed by atoms with Crippen LogP contribution in [0.4, 0.5) is 11.5 Å².